The molecule has 6 fully saturated rings. The predicted molar refractivity (Wildman–Crippen MR) is 289 cm³/mol. The molecule has 6 rings (SSSR count). The number of rotatable bonds is 26. The van der Waals surface area contributed by atoms with Crippen molar-refractivity contribution in [1.29, 1.82) is 0 Å². The summed E-state index contributed by atoms with van der Waals surface area (Å²) >= 11 is 0. The Bertz CT molecular complexity index is 2350. The van der Waals surface area contributed by atoms with E-state index in [-0.39, 0.29) is 0 Å². The molecule has 0 saturated carbocycles. The van der Waals surface area contributed by atoms with Crippen molar-refractivity contribution in [2.24, 2.45) is 0 Å². The van der Waals surface area contributed by atoms with Gasteiger partial charge in [0.15, 0.2) is 37.7 Å². The molecule has 6 aliphatic rings. The molecule has 39 nitrogen and oxygen atoms in total. The maximum Gasteiger partial charge on any atom is 0.217 e. The first-order valence-corrected chi connectivity index (χ1v) is 29.2. The molecule has 6 saturated heterocycles. The van der Waals surface area contributed by atoms with Gasteiger partial charge in [-0.2, -0.15) is 0 Å². The number of aliphatic hydroxyl groups is 17. The summed E-state index contributed by atoms with van der Waals surface area (Å²) in [4.78, 5) is 64.7. The van der Waals surface area contributed by atoms with Crippen LogP contribution in [0.5, 0.6) is 0 Å². The molecule has 0 aromatic rings. The van der Waals surface area contributed by atoms with Crippen LogP contribution in [0.4, 0.5) is 0 Å². The van der Waals surface area contributed by atoms with Gasteiger partial charge in [-0.3, -0.25) is 24.0 Å². The average molecular weight is 1330 g/mol. The first-order valence-electron chi connectivity index (χ1n) is 29.2. The Morgan fingerprint density at radius 3 is 1.25 bits per heavy atom. The number of carbonyl (C=O) groups is 5. The van der Waals surface area contributed by atoms with Gasteiger partial charge in [0.25, 0.3) is 0 Å². The average Bonchev–Trinajstić information content (AvgIpc) is 0.806. The van der Waals surface area contributed by atoms with Crippen LogP contribution in [0.1, 0.15) is 48.5 Å². The number of amides is 5. The number of carbonyl (C=O) groups excluding carboxylic acids is 5. The van der Waals surface area contributed by atoms with Crippen molar-refractivity contribution >= 4 is 29.5 Å². The topological polar surface area (TPSA) is 600 Å². The van der Waals surface area contributed by atoms with E-state index in [4.69, 9.17) is 56.8 Å². The highest BCUT2D eigenvalue weighted by atomic mass is 16.8. The largest absolute Gasteiger partial charge is 0.394 e. The summed E-state index contributed by atoms with van der Waals surface area (Å²) in [5, 5.41) is 199. The van der Waals surface area contributed by atoms with Gasteiger partial charge in [0, 0.05) is 34.6 Å². The quantitative estimate of drug-likeness (QED) is 0.0382. The van der Waals surface area contributed by atoms with Gasteiger partial charge in [-0.05, 0) is 13.8 Å². The third-order valence-corrected chi connectivity index (χ3v) is 16.1. The van der Waals surface area contributed by atoms with Crippen LogP contribution in [0.3, 0.4) is 0 Å². The zero-order valence-corrected chi connectivity index (χ0v) is 50.4. The number of aliphatic hydroxyl groups excluding tert-OH is 17. The fraction of sp³-hybridized carbons (Fsp3) is 0.904. The molecule has 91 heavy (non-hydrogen) atoms. The lowest BCUT2D eigenvalue weighted by atomic mass is 9.92. The molecule has 34 atom stereocenters. The molecular weight excluding hydrogens is 1240 g/mol. The SMILES string of the molecule is CC(=O)N[C@@H](CO)[C@@H](OC1O[C@H](CO)[C@@H](OC2O[C@@H](C)[C@@H](O)[C@@H](O)[C@@H]2OC2O[C@H](CO)[C@H](O)[C@H](O)[C@H]2NC(C)=O)[C@H](OC2O[C@H](CO)[C@H](O)[C@H](OC3O[C@H](CO)[C@H](O)[C@H](O)[C@H]3NC(C)=O)[C@H]2NC(C)=O)[C@H]1NC(C)=O)[C@@H](O)[C@H](O)COC1O[C@@H](C)[C@@H](O)[C@@H](O)[C@@H]1O. The van der Waals surface area contributed by atoms with E-state index in [0.717, 1.165) is 34.6 Å². The van der Waals surface area contributed by atoms with Gasteiger partial charge < -0.3 is 170 Å². The monoisotopic (exact) mass is 1330 g/mol. The van der Waals surface area contributed by atoms with E-state index < -0.39 is 278 Å². The lowest BCUT2D eigenvalue weighted by Gasteiger charge is -2.52. The van der Waals surface area contributed by atoms with Crippen LogP contribution in [0.25, 0.3) is 0 Å². The number of ether oxygens (including phenoxy) is 12. The van der Waals surface area contributed by atoms with E-state index in [1.54, 1.807) is 0 Å². The van der Waals surface area contributed by atoms with E-state index in [0.29, 0.717) is 0 Å². The van der Waals surface area contributed by atoms with Crippen molar-refractivity contribution in [3.63, 3.8) is 0 Å². The first kappa shape index (κ1) is 76.2. The third-order valence-electron chi connectivity index (χ3n) is 16.1. The van der Waals surface area contributed by atoms with Gasteiger partial charge in [0.2, 0.25) is 29.5 Å². The second kappa shape index (κ2) is 33.7. The highest BCUT2D eigenvalue weighted by Crippen LogP contribution is 2.38. The first-order chi connectivity index (χ1) is 42.8. The summed E-state index contributed by atoms with van der Waals surface area (Å²) in [5.41, 5.74) is 0. The Kier molecular flexibility index (Phi) is 28.2. The Hall–Kier alpha value is -3.81. The molecule has 0 radical (unpaired) electrons. The van der Waals surface area contributed by atoms with E-state index in [1.807, 2.05) is 0 Å². The summed E-state index contributed by atoms with van der Waals surface area (Å²) < 4.78 is 72.9. The minimum Gasteiger partial charge on any atom is -0.394 e. The smallest absolute Gasteiger partial charge is 0.217 e. The zero-order valence-electron chi connectivity index (χ0n) is 50.4. The van der Waals surface area contributed by atoms with Crippen molar-refractivity contribution in [3.05, 3.63) is 0 Å². The molecule has 526 valence electrons. The van der Waals surface area contributed by atoms with Gasteiger partial charge >= 0.3 is 0 Å². The molecule has 6 heterocycles. The number of nitrogens with one attached hydrogen (secondary N) is 5. The molecule has 22 N–H and O–H groups in total. The van der Waals surface area contributed by atoms with Gasteiger partial charge in [0.1, 0.15) is 152 Å². The van der Waals surface area contributed by atoms with Crippen LogP contribution < -0.4 is 26.6 Å². The van der Waals surface area contributed by atoms with Crippen LogP contribution in [0.15, 0.2) is 0 Å². The summed E-state index contributed by atoms with van der Waals surface area (Å²) in [6, 6.07) is -9.18. The lowest BCUT2D eigenvalue weighted by molar-refractivity contribution is -0.389. The predicted octanol–water partition coefficient (Wildman–Crippen LogP) is -13.9. The van der Waals surface area contributed by atoms with Gasteiger partial charge in [-0.25, -0.2) is 0 Å². The zero-order chi connectivity index (χ0) is 67.8. The minimum absolute atomic E-state index is 0.815. The molecule has 0 aliphatic carbocycles. The molecular formula is C52H89N5O34. The Labute approximate surface area is 519 Å². The number of hydrogen-bond acceptors (Lipinski definition) is 34. The van der Waals surface area contributed by atoms with Crippen molar-refractivity contribution in [3.8, 4) is 0 Å². The molecule has 39 heteroatoms. The Balaban J connectivity index is 1.50. The Morgan fingerprint density at radius 1 is 0.396 bits per heavy atom. The summed E-state index contributed by atoms with van der Waals surface area (Å²) in [6.45, 7) is 1.12. The highest BCUT2D eigenvalue weighted by molar-refractivity contribution is 5.75. The molecule has 0 spiro atoms. The fourth-order valence-electron chi connectivity index (χ4n) is 11.4. The molecule has 0 aromatic heterocycles. The maximum atomic E-state index is 13.7. The molecule has 0 bridgehead atoms. The van der Waals surface area contributed by atoms with E-state index >= 15 is 0 Å². The molecule has 6 aliphatic heterocycles. The Morgan fingerprint density at radius 2 is 0.791 bits per heavy atom. The summed E-state index contributed by atoms with van der Waals surface area (Å²) in [6.07, 6.45) is -55.9. The van der Waals surface area contributed by atoms with Crippen LogP contribution in [0, 0.1) is 0 Å². The minimum atomic E-state index is -2.36. The van der Waals surface area contributed by atoms with Crippen molar-refractivity contribution in [2.75, 3.05) is 39.6 Å². The molecule has 6 unspecified atom stereocenters. The van der Waals surface area contributed by atoms with Crippen molar-refractivity contribution < 1.29 is 168 Å². The van der Waals surface area contributed by atoms with Gasteiger partial charge in [-0.15, -0.1) is 0 Å². The highest BCUT2D eigenvalue weighted by Gasteiger charge is 2.59. The molecule has 0 aromatic carbocycles. The lowest BCUT2D eigenvalue weighted by Crippen LogP contribution is -2.73. The van der Waals surface area contributed by atoms with Gasteiger partial charge in [0.05, 0.1) is 57.9 Å². The van der Waals surface area contributed by atoms with Gasteiger partial charge in [-0.1, -0.05) is 0 Å². The standard InChI is InChI=1S/C52H89N5O34/c1-14-31(69)39(77)41(79)51(81-14)80-13-22(68)33(71)42(21(8-58)53-16(3)63)87-50-30(57-20(7)67)45(90-49-29(56-19(6)66)44(36(74)25(11-61)85-49)89-47-27(54-17(4)64)37(75)34(72)23(9-59)83-47)43(26(12-62)86-50)88-52-46(40(78)32(70)15(2)82-52)91-48-28(55-18(5)65)38(76)35(73)24(10-60)84-48/h14-15,21-52,58-62,68-79H,8-13H2,1-7H3,(H,53,63)(H,54,64)(H,55,65)(H,56,66)(H,57,67)/t14-,15-,21-,22+,23+,24+,25+,26+,27+,28+,29+,30+,31+,32+,33-,34-,35-,36-,37+,38+,39+,40+,41-,42+,43+,44+,45+,46-,47?,48?,49?,50?,51?,52?/m0/s1. The summed E-state index contributed by atoms with van der Waals surface area (Å²) in [7, 11) is 0. The van der Waals surface area contributed by atoms with Crippen LogP contribution >= 0.6 is 0 Å². The maximum absolute atomic E-state index is 13.7. The van der Waals surface area contributed by atoms with E-state index in [2.05, 4.69) is 26.6 Å². The second-order valence-corrected chi connectivity index (χ2v) is 23.0. The number of hydrogen-bond donors (Lipinski definition) is 22. The normalized spacial score (nSPS) is 43.5. The van der Waals surface area contributed by atoms with E-state index in [1.165, 1.54) is 13.8 Å². The van der Waals surface area contributed by atoms with Crippen LogP contribution in [-0.2, 0) is 80.8 Å². The fourth-order valence-corrected chi connectivity index (χ4v) is 11.4. The van der Waals surface area contributed by atoms with Crippen molar-refractivity contribution in [2.45, 2.75) is 257 Å². The third kappa shape index (κ3) is 18.2. The van der Waals surface area contributed by atoms with Crippen molar-refractivity contribution in [1.82, 2.24) is 26.6 Å². The van der Waals surface area contributed by atoms with Crippen LogP contribution in [0.2, 0.25) is 0 Å². The second-order valence-electron chi connectivity index (χ2n) is 23.0. The van der Waals surface area contributed by atoms with E-state index in [9.17, 15) is 111 Å². The van der Waals surface area contributed by atoms with Crippen LogP contribution in [-0.4, -0.2) is 364 Å². The summed E-state index contributed by atoms with van der Waals surface area (Å²) in [5.74, 6) is -4.45. The molecule has 5 amide bonds.